The van der Waals surface area contributed by atoms with E-state index < -0.39 is 0 Å². The molecule has 1 aromatic rings. The minimum absolute atomic E-state index is 0.219. The zero-order valence-electron chi connectivity index (χ0n) is 9.06. The standard InChI is InChI=1S/C11H14N2O3/c1-2-16-11(15)10-6-3-5-7(4-14)8(5)9(6)12-13-10/h5,7-8,14H,2-4H2,1H3,(H,12,13)/t5-,7-,8-/m0/s1. The molecule has 1 aromatic heterocycles. The number of aromatic amines is 1. The molecule has 1 fully saturated rings. The van der Waals surface area contributed by atoms with Crippen molar-refractivity contribution in [2.45, 2.75) is 19.3 Å². The van der Waals surface area contributed by atoms with Gasteiger partial charge >= 0.3 is 5.97 Å². The fraction of sp³-hybridized carbons (Fsp3) is 0.636. The molecule has 3 rings (SSSR count). The first-order valence-corrected chi connectivity index (χ1v) is 5.63. The highest BCUT2D eigenvalue weighted by atomic mass is 16.5. The number of H-pyrrole nitrogens is 1. The van der Waals surface area contributed by atoms with Gasteiger partial charge in [0, 0.05) is 18.1 Å². The van der Waals surface area contributed by atoms with Gasteiger partial charge in [-0.1, -0.05) is 0 Å². The zero-order chi connectivity index (χ0) is 11.3. The number of carbonyl (C=O) groups excluding carboxylic acids is 1. The van der Waals surface area contributed by atoms with Crippen molar-refractivity contribution in [1.82, 2.24) is 10.2 Å². The van der Waals surface area contributed by atoms with Gasteiger partial charge in [-0.3, -0.25) is 5.10 Å². The van der Waals surface area contributed by atoms with Gasteiger partial charge in [0.25, 0.3) is 0 Å². The lowest BCUT2D eigenvalue weighted by Gasteiger charge is -2.02. The summed E-state index contributed by atoms with van der Waals surface area (Å²) in [6.45, 7) is 2.38. The highest BCUT2D eigenvalue weighted by Crippen LogP contribution is 2.60. The predicted molar refractivity (Wildman–Crippen MR) is 55.1 cm³/mol. The lowest BCUT2D eigenvalue weighted by molar-refractivity contribution is 0.0518. The van der Waals surface area contributed by atoms with E-state index >= 15 is 0 Å². The molecule has 0 radical (unpaired) electrons. The second-order valence-electron chi connectivity index (χ2n) is 4.42. The monoisotopic (exact) mass is 222 g/mol. The predicted octanol–water partition coefficient (Wildman–Crippen LogP) is 0.464. The Kier molecular flexibility index (Phi) is 2.04. The molecule has 5 heteroatoms. The number of nitrogens with one attached hydrogen (secondary N) is 1. The molecule has 3 atom stereocenters. The van der Waals surface area contributed by atoms with Gasteiger partial charge in [0.15, 0.2) is 0 Å². The third kappa shape index (κ3) is 1.15. The number of nitrogens with zero attached hydrogens (tertiary/aromatic N) is 1. The van der Waals surface area contributed by atoms with Crippen LogP contribution in [0.25, 0.3) is 0 Å². The van der Waals surface area contributed by atoms with Crippen molar-refractivity contribution >= 4 is 5.97 Å². The van der Waals surface area contributed by atoms with E-state index in [0.717, 1.165) is 17.7 Å². The molecule has 1 saturated carbocycles. The van der Waals surface area contributed by atoms with Crippen LogP contribution in [0.2, 0.25) is 0 Å². The van der Waals surface area contributed by atoms with Gasteiger partial charge in [0.1, 0.15) is 5.69 Å². The number of aliphatic hydroxyl groups is 1. The maximum absolute atomic E-state index is 11.6. The first-order valence-electron chi connectivity index (χ1n) is 5.63. The number of esters is 1. The Morgan fingerprint density at radius 2 is 2.50 bits per heavy atom. The normalized spacial score (nSPS) is 29.8. The summed E-state index contributed by atoms with van der Waals surface area (Å²) in [6.07, 6.45) is 0.843. The number of aliphatic hydroxyl groups excluding tert-OH is 1. The fourth-order valence-electron chi connectivity index (χ4n) is 2.85. The zero-order valence-corrected chi connectivity index (χ0v) is 9.06. The molecular weight excluding hydrogens is 208 g/mol. The summed E-state index contributed by atoms with van der Waals surface area (Å²) >= 11 is 0. The number of fused-ring (bicyclic) bond motifs is 3. The molecule has 0 unspecified atom stereocenters. The summed E-state index contributed by atoms with van der Waals surface area (Å²) in [6, 6.07) is 0. The molecule has 2 aliphatic rings. The van der Waals surface area contributed by atoms with E-state index in [1.807, 2.05) is 0 Å². The van der Waals surface area contributed by atoms with Crippen LogP contribution in [0.3, 0.4) is 0 Å². The first kappa shape index (κ1) is 9.84. The van der Waals surface area contributed by atoms with Crippen molar-refractivity contribution in [2.24, 2.45) is 11.8 Å². The average molecular weight is 222 g/mol. The van der Waals surface area contributed by atoms with Crippen LogP contribution in [0.15, 0.2) is 0 Å². The molecular formula is C11H14N2O3. The maximum atomic E-state index is 11.6. The largest absolute Gasteiger partial charge is 0.461 e. The van der Waals surface area contributed by atoms with E-state index in [0.29, 0.717) is 30.1 Å². The van der Waals surface area contributed by atoms with Crippen LogP contribution in [0.4, 0.5) is 0 Å². The Balaban J connectivity index is 1.86. The third-order valence-electron chi connectivity index (χ3n) is 3.68. The summed E-state index contributed by atoms with van der Waals surface area (Å²) in [7, 11) is 0. The summed E-state index contributed by atoms with van der Waals surface area (Å²) in [5, 5.41) is 16.0. The number of ether oxygens (including phenoxy) is 1. The number of carbonyl (C=O) groups is 1. The highest BCUT2D eigenvalue weighted by molar-refractivity contribution is 5.89. The van der Waals surface area contributed by atoms with E-state index in [9.17, 15) is 4.79 Å². The molecule has 0 aliphatic heterocycles. The minimum Gasteiger partial charge on any atom is -0.461 e. The SMILES string of the molecule is CCOC(=O)c1[nH]nc2c1C[C@H]1[C@H](CO)[C@@H]21. The van der Waals surface area contributed by atoms with E-state index in [4.69, 9.17) is 9.84 Å². The molecule has 2 aliphatic carbocycles. The summed E-state index contributed by atoms with van der Waals surface area (Å²) in [5.74, 6) is 0.883. The van der Waals surface area contributed by atoms with Gasteiger partial charge in [-0.2, -0.15) is 5.10 Å². The second-order valence-corrected chi connectivity index (χ2v) is 4.42. The molecule has 0 saturated heterocycles. The summed E-state index contributed by atoms with van der Waals surface area (Å²) < 4.78 is 4.96. The highest BCUT2D eigenvalue weighted by Gasteiger charge is 2.57. The molecule has 0 spiro atoms. The minimum atomic E-state index is -0.321. The van der Waals surface area contributed by atoms with Crippen molar-refractivity contribution in [3.63, 3.8) is 0 Å². The van der Waals surface area contributed by atoms with Crippen molar-refractivity contribution in [2.75, 3.05) is 13.2 Å². The van der Waals surface area contributed by atoms with E-state index in [1.165, 1.54) is 0 Å². The van der Waals surface area contributed by atoms with E-state index in [-0.39, 0.29) is 12.6 Å². The number of hydrogen-bond acceptors (Lipinski definition) is 4. The second kappa shape index (κ2) is 3.31. The van der Waals surface area contributed by atoms with Crippen LogP contribution >= 0.6 is 0 Å². The lowest BCUT2D eigenvalue weighted by atomic mass is 10.1. The first-order chi connectivity index (χ1) is 7.77. The van der Waals surface area contributed by atoms with Crippen molar-refractivity contribution < 1.29 is 14.6 Å². The fourth-order valence-corrected chi connectivity index (χ4v) is 2.85. The van der Waals surface area contributed by atoms with Crippen molar-refractivity contribution in [1.29, 1.82) is 0 Å². The van der Waals surface area contributed by atoms with Crippen LogP contribution in [0, 0.1) is 11.8 Å². The lowest BCUT2D eigenvalue weighted by Crippen LogP contribution is -2.08. The van der Waals surface area contributed by atoms with Crippen LogP contribution < -0.4 is 0 Å². The molecule has 0 amide bonds. The van der Waals surface area contributed by atoms with E-state index in [1.54, 1.807) is 6.92 Å². The van der Waals surface area contributed by atoms with Crippen LogP contribution in [0.1, 0.15) is 34.6 Å². The number of hydrogen-bond donors (Lipinski definition) is 2. The van der Waals surface area contributed by atoms with Crippen molar-refractivity contribution in [3.05, 3.63) is 17.0 Å². The van der Waals surface area contributed by atoms with Crippen molar-refractivity contribution in [3.8, 4) is 0 Å². The number of aromatic nitrogens is 2. The molecule has 86 valence electrons. The third-order valence-corrected chi connectivity index (χ3v) is 3.68. The molecule has 2 N–H and O–H groups in total. The van der Waals surface area contributed by atoms with Gasteiger partial charge < -0.3 is 9.84 Å². The van der Waals surface area contributed by atoms with Gasteiger partial charge in [0.05, 0.1) is 12.3 Å². The maximum Gasteiger partial charge on any atom is 0.356 e. The topological polar surface area (TPSA) is 75.2 Å². The van der Waals surface area contributed by atoms with Crippen LogP contribution in [-0.4, -0.2) is 34.5 Å². The molecule has 0 aromatic carbocycles. The van der Waals surface area contributed by atoms with Gasteiger partial charge in [-0.05, 0) is 25.2 Å². The smallest absolute Gasteiger partial charge is 0.356 e. The Morgan fingerprint density at radius 1 is 1.69 bits per heavy atom. The quantitative estimate of drug-likeness (QED) is 0.729. The van der Waals surface area contributed by atoms with Gasteiger partial charge in [-0.25, -0.2) is 4.79 Å². The Morgan fingerprint density at radius 3 is 3.19 bits per heavy atom. The summed E-state index contributed by atoms with van der Waals surface area (Å²) in [4.78, 5) is 11.6. The van der Waals surface area contributed by atoms with Crippen LogP contribution in [-0.2, 0) is 11.2 Å². The molecule has 1 heterocycles. The molecule has 0 bridgehead atoms. The van der Waals surface area contributed by atoms with Gasteiger partial charge in [-0.15, -0.1) is 0 Å². The Labute approximate surface area is 92.8 Å². The summed E-state index contributed by atoms with van der Waals surface area (Å²) in [5.41, 5.74) is 2.46. The van der Waals surface area contributed by atoms with Gasteiger partial charge in [0.2, 0.25) is 0 Å². The molecule has 5 nitrogen and oxygen atoms in total. The Bertz CT molecular complexity index is 440. The Hall–Kier alpha value is -1.36. The molecule has 16 heavy (non-hydrogen) atoms. The van der Waals surface area contributed by atoms with E-state index in [2.05, 4.69) is 10.2 Å². The number of rotatable bonds is 3. The average Bonchev–Trinajstić information content (AvgIpc) is 2.64. The van der Waals surface area contributed by atoms with Crippen LogP contribution in [0.5, 0.6) is 0 Å².